The molecule has 2 aromatic rings. The molecule has 0 atom stereocenters. The Morgan fingerprint density at radius 2 is 1.20 bits per heavy atom. The molecular formula is C15H16ClN5O4. The van der Waals surface area contributed by atoms with Crippen LogP contribution >= 0.6 is 12.4 Å². The highest BCUT2D eigenvalue weighted by molar-refractivity contribution is 5.87. The van der Waals surface area contributed by atoms with E-state index < -0.39 is 0 Å². The second kappa shape index (κ2) is 8.99. The normalized spacial score (nSPS) is 10.6. The molecule has 0 bridgehead atoms. The molecule has 0 fully saturated rings. The van der Waals surface area contributed by atoms with Crippen molar-refractivity contribution in [2.75, 3.05) is 0 Å². The summed E-state index contributed by atoms with van der Waals surface area (Å²) in [6.45, 7) is 0. The highest BCUT2D eigenvalue weighted by atomic mass is 35.5. The summed E-state index contributed by atoms with van der Waals surface area (Å²) in [6.07, 6.45) is 2.53. The fourth-order valence-electron chi connectivity index (χ4n) is 1.64. The van der Waals surface area contributed by atoms with E-state index in [0.717, 1.165) is 0 Å². The molecule has 0 saturated carbocycles. The lowest BCUT2D eigenvalue weighted by Crippen LogP contribution is -2.29. The molecule has 0 aliphatic carbocycles. The lowest BCUT2D eigenvalue weighted by Gasteiger charge is -2.03. The zero-order chi connectivity index (χ0) is 17.5. The molecule has 0 aromatic heterocycles. The Kier molecular flexibility index (Phi) is 7.04. The third kappa shape index (κ3) is 5.92. The molecule has 0 aliphatic rings. The average Bonchev–Trinajstić information content (AvgIpc) is 2.51. The Morgan fingerprint density at radius 1 is 0.800 bits per heavy atom. The van der Waals surface area contributed by atoms with Gasteiger partial charge in [-0.3, -0.25) is 5.41 Å². The number of rotatable bonds is 4. The lowest BCUT2D eigenvalue weighted by molar-refractivity contribution is 0.449. The van der Waals surface area contributed by atoms with E-state index in [1.807, 2.05) is 0 Å². The minimum absolute atomic E-state index is 0. The second-order valence-corrected chi connectivity index (χ2v) is 4.60. The maximum atomic E-state index is 9.56. The maximum Gasteiger partial charge on any atom is 0.230 e. The van der Waals surface area contributed by atoms with E-state index in [9.17, 15) is 10.2 Å². The summed E-state index contributed by atoms with van der Waals surface area (Å²) in [5.41, 5.74) is 5.37. The summed E-state index contributed by atoms with van der Waals surface area (Å²) >= 11 is 0. The molecule has 0 unspecified atom stereocenters. The van der Waals surface area contributed by atoms with Gasteiger partial charge in [-0.1, -0.05) is 0 Å². The zero-order valence-electron chi connectivity index (χ0n) is 12.7. The first-order valence-corrected chi connectivity index (χ1v) is 6.66. The molecule has 2 rings (SSSR count). The molecule has 0 heterocycles. The maximum absolute atomic E-state index is 9.56. The van der Waals surface area contributed by atoms with Gasteiger partial charge in [-0.15, -0.1) is 12.4 Å². The number of guanidine groups is 1. The largest absolute Gasteiger partial charge is 0.508 e. The number of aromatic hydroxyl groups is 4. The molecular weight excluding hydrogens is 350 g/mol. The van der Waals surface area contributed by atoms with Gasteiger partial charge in [-0.25, -0.2) is 10.9 Å². The highest BCUT2D eigenvalue weighted by Crippen LogP contribution is 2.21. The molecule has 7 N–H and O–H groups in total. The van der Waals surface area contributed by atoms with Gasteiger partial charge < -0.3 is 20.4 Å². The minimum atomic E-state index is -0.251. The second-order valence-electron chi connectivity index (χ2n) is 4.60. The molecule has 0 radical (unpaired) electrons. The molecule has 25 heavy (non-hydrogen) atoms. The van der Waals surface area contributed by atoms with Crippen molar-refractivity contribution < 1.29 is 20.4 Å². The van der Waals surface area contributed by atoms with Crippen LogP contribution in [0.4, 0.5) is 0 Å². The third-order valence-electron chi connectivity index (χ3n) is 2.79. The molecule has 0 saturated heterocycles. The molecule has 0 spiro atoms. The number of hydrazone groups is 2. The molecule has 132 valence electrons. The molecule has 0 aliphatic heterocycles. The van der Waals surface area contributed by atoms with E-state index in [-0.39, 0.29) is 41.4 Å². The number of phenols is 4. The Balaban J connectivity index is 0.00000312. The van der Waals surface area contributed by atoms with E-state index in [4.69, 9.17) is 15.6 Å². The summed E-state index contributed by atoms with van der Waals surface area (Å²) in [5.74, 6) is -0.696. The van der Waals surface area contributed by atoms with Crippen LogP contribution in [0.3, 0.4) is 0 Å². The summed E-state index contributed by atoms with van der Waals surface area (Å²) in [6, 6.07) is 8.02. The van der Waals surface area contributed by atoms with Gasteiger partial charge in [-0.05, 0) is 24.3 Å². The number of nitrogens with zero attached hydrogens (tertiary/aromatic N) is 2. The van der Waals surface area contributed by atoms with Crippen molar-refractivity contribution >= 4 is 30.8 Å². The van der Waals surface area contributed by atoms with E-state index >= 15 is 0 Å². The number of halogens is 1. The first-order valence-electron chi connectivity index (χ1n) is 6.66. The van der Waals surface area contributed by atoms with Gasteiger partial charge in [0.25, 0.3) is 0 Å². The molecule has 2 aromatic carbocycles. The van der Waals surface area contributed by atoms with Crippen LogP contribution in [0, 0.1) is 5.41 Å². The van der Waals surface area contributed by atoms with Gasteiger partial charge >= 0.3 is 0 Å². The summed E-state index contributed by atoms with van der Waals surface area (Å²) in [4.78, 5) is 0. The van der Waals surface area contributed by atoms with Crippen molar-refractivity contribution in [2.24, 2.45) is 10.2 Å². The quantitative estimate of drug-likeness (QED) is 0.247. The van der Waals surface area contributed by atoms with Gasteiger partial charge in [0, 0.05) is 23.3 Å². The van der Waals surface area contributed by atoms with Crippen LogP contribution in [0.2, 0.25) is 0 Å². The van der Waals surface area contributed by atoms with Gasteiger partial charge in [0.2, 0.25) is 5.96 Å². The highest BCUT2D eigenvalue weighted by Gasteiger charge is 2.00. The van der Waals surface area contributed by atoms with Crippen molar-refractivity contribution in [3.8, 4) is 23.0 Å². The Morgan fingerprint density at radius 3 is 1.56 bits per heavy atom. The third-order valence-corrected chi connectivity index (χ3v) is 2.79. The van der Waals surface area contributed by atoms with E-state index in [0.29, 0.717) is 11.1 Å². The summed E-state index contributed by atoms with van der Waals surface area (Å²) in [7, 11) is 0. The number of hydrogen-bond donors (Lipinski definition) is 7. The number of hydrogen-bond acceptors (Lipinski definition) is 7. The van der Waals surface area contributed by atoms with Gasteiger partial charge in [0.1, 0.15) is 23.0 Å². The smallest absolute Gasteiger partial charge is 0.230 e. The average molecular weight is 366 g/mol. The number of benzene rings is 2. The van der Waals surface area contributed by atoms with Crippen LogP contribution in [-0.4, -0.2) is 38.8 Å². The Hall–Kier alpha value is -3.46. The Bertz CT molecular complexity index is 745. The molecule has 9 nitrogen and oxygen atoms in total. The van der Waals surface area contributed by atoms with Crippen LogP contribution in [-0.2, 0) is 0 Å². The monoisotopic (exact) mass is 365 g/mol. The van der Waals surface area contributed by atoms with Gasteiger partial charge in [0.05, 0.1) is 12.4 Å². The van der Waals surface area contributed by atoms with E-state index in [1.54, 1.807) is 0 Å². The predicted octanol–water partition coefficient (Wildman–Crippen LogP) is 1.41. The van der Waals surface area contributed by atoms with Gasteiger partial charge in [0.15, 0.2) is 0 Å². The predicted molar refractivity (Wildman–Crippen MR) is 96.0 cm³/mol. The number of phenolic OH excluding ortho intramolecular Hbond substituents is 4. The standard InChI is InChI=1S/C15H15N5O4.ClH/c16-15(19-17-7-9-1-3-11(21)5-13(9)23)20-18-8-10-2-4-12(22)6-14(10)24;/h1-8,21-24H,(H3,16,19,20);1H. The fourth-order valence-corrected chi connectivity index (χ4v) is 1.64. The molecule has 0 amide bonds. The summed E-state index contributed by atoms with van der Waals surface area (Å²) < 4.78 is 0. The van der Waals surface area contributed by atoms with Crippen LogP contribution < -0.4 is 10.9 Å². The van der Waals surface area contributed by atoms with Crippen LogP contribution in [0.15, 0.2) is 46.6 Å². The van der Waals surface area contributed by atoms with Crippen molar-refractivity contribution in [1.82, 2.24) is 10.9 Å². The van der Waals surface area contributed by atoms with Crippen molar-refractivity contribution in [2.45, 2.75) is 0 Å². The summed E-state index contributed by atoms with van der Waals surface area (Å²) in [5, 5.41) is 52.4. The van der Waals surface area contributed by atoms with Crippen molar-refractivity contribution in [1.29, 1.82) is 5.41 Å². The first-order chi connectivity index (χ1) is 11.5. The molecule has 10 heteroatoms. The first kappa shape index (κ1) is 19.6. The topological polar surface area (TPSA) is 154 Å². The van der Waals surface area contributed by atoms with Crippen molar-refractivity contribution in [3.05, 3.63) is 47.5 Å². The van der Waals surface area contributed by atoms with Crippen LogP contribution in [0.5, 0.6) is 23.0 Å². The van der Waals surface area contributed by atoms with E-state index in [1.165, 1.54) is 48.8 Å². The number of nitrogens with one attached hydrogen (secondary N) is 3. The minimum Gasteiger partial charge on any atom is -0.508 e. The zero-order valence-corrected chi connectivity index (χ0v) is 13.5. The fraction of sp³-hybridized carbons (Fsp3) is 0. The van der Waals surface area contributed by atoms with Crippen LogP contribution in [0.25, 0.3) is 0 Å². The van der Waals surface area contributed by atoms with E-state index in [2.05, 4.69) is 21.1 Å². The lowest BCUT2D eigenvalue weighted by atomic mass is 10.2. The Labute approximate surface area is 148 Å². The van der Waals surface area contributed by atoms with Crippen LogP contribution in [0.1, 0.15) is 11.1 Å². The van der Waals surface area contributed by atoms with Gasteiger partial charge in [-0.2, -0.15) is 10.2 Å². The SMILES string of the molecule is Cl.N=C(NN=Cc1ccc(O)cc1O)NN=Cc1ccc(O)cc1O. The van der Waals surface area contributed by atoms with Crippen molar-refractivity contribution in [3.63, 3.8) is 0 Å².